The van der Waals surface area contributed by atoms with E-state index in [4.69, 9.17) is 0 Å². The van der Waals surface area contributed by atoms with Crippen molar-refractivity contribution in [1.29, 1.82) is 0 Å². The first kappa shape index (κ1) is 17.1. The standard InChI is InChI=1S/C17H25F3N2/c1-2-3-4-5-10-21-11-13-22(14-12-21)16-8-6-15(7-9-16)17(18,19)20/h6-9H,2-5,10-14H2,1H3. The molecule has 2 rings (SSSR count). The number of hydrogen-bond acceptors (Lipinski definition) is 2. The van der Waals surface area contributed by atoms with Gasteiger partial charge in [0.1, 0.15) is 0 Å². The van der Waals surface area contributed by atoms with Crippen LogP contribution in [0.1, 0.15) is 38.2 Å². The van der Waals surface area contributed by atoms with Crippen LogP contribution < -0.4 is 4.90 Å². The van der Waals surface area contributed by atoms with Crippen LogP contribution in [0.5, 0.6) is 0 Å². The minimum atomic E-state index is -4.25. The van der Waals surface area contributed by atoms with Crippen molar-refractivity contribution in [1.82, 2.24) is 4.90 Å². The van der Waals surface area contributed by atoms with Gasteiger partial charge in [0.05, 0.1) is 5.56 Å². The van der Waals surface area contributed by atoms with E-state index in [0.29, 0.717) is 0 Å². The molecular formula is C17H25F3N2. The number of anilines is 1. The number of piperazine rings is 1. The fourth-order valence-corrected chi connectivity index (χ4v) is 2.85. The fourth-order valence-electron chi connectivity index (χ4n) is 2.85. The summed E-state index contributed by atoms with van der Waals surface area (Å²) < 4.78 is 37.7. The van der Waals surface area contributed by atoms with Gasteiger partial charge in [0, 0.05) is 31.9 Å². The van der Waals surface area contributed by atoms with E-state index in [-0.39, 0.29) is 0 Å². The highest BCUT2D eigenvalue weighted by Gasteiger charge is 2.30. The molecule has 1 saturated heterocycles. The second kappa shape index (κ2) is 7.86. The lowest BCUT2D eigenvalue weighted by Gasteiger charge is -2.36. The van der Waals surface area contributed by atoms with E-state index >= 15 is 0 Å². The Morgan fingerprint density at radius 3 is 2.09 bits per heavy atom. The Bertz CT molecular complexity index is 434. The predicted octanol–water partition coefficient (Wildman–Crippen LogP) is 4.41. The molecule has 1 fully saturated rings. The van der Waals surface area contributed by atoms with Crippen molar-refractivity contribution < 1.29 is 13.2 Å². The van der Waals surface area contributed by atoms with E-state index in [1.165, 1.54) is 37.8 Å². The molecule has 0 unspecified atom stereocenters. The Hall–Kier alpha value is -1.23. The average Bonchev–Trinajstić information content (AvgIpc) is 2.51. The van der Waals surface area contributed by atoms with Gasteiger partial charge in [-0.15, -0.1) is 0 Å². The number of unbranched alkanes of at least 4 members (excludes halogenated alkanes) is 3. The zero-order valence-corrected chi connectivity index (χ0v) is 13.2. The smallest absolute Gasteiger partial charge is 0.369 e. The highest BCUT2D eigenvalue weighted by atomic mass is 19.4. The molecule has 5 heteroatoms. The third-order valence-electron chi connectivity index (χ3n) is 4.26. The minimum absolute atomic E-state index is 0.578. The SMILES string of the molecule is CCCCCCN1CCN(c2ccc(C(F)(F)F)cc2)CC1. The summed E-state index contributed by atoms with van der Waals surface area (Å²) >= 11 is 0. The van der Waals surface area contributed by atoms with Crippen LogP contribution in [-0.2, 0) is 6.18 Å². The van der Waals surface area contributed by atoms with Crippen molar-refractivity contribution in [2.75, 3.05) is 37.6 Å². The van der Waals surface area contributed by atoms with Crippen LogP contribution in [0.15, 0.2) is 24.3 Å². The normalized spacial score (nSPS) is 17.0. The number of benzene rings is 1. The molecule has 0 spiro atoms. The molecule has 1 aromatic carbocycles. The van der Waals surface area contributed by atoms with Crippen LogP contribution in [0.3, 0.4) is 0 Å². The Balaban J connectivity index is 1.79. The maximum atomic E-state index is 12.6. The number of rotatable bonds is 6. The molecule has 0 atom stereocenters. The van der Waals surface area contributed by atoms with Gasteiger partial charge in [0.15, 0.2) is 0 Å². The zero-order chi connectivity index (χ0) is 16.0. The van der Waals surface area contributed by atoms with E-state index in [9.17, 15) is 13.2 Å². The molecule has 1 aromatic rings. The molecule has 0 amide bonds. The molecule has 2 nitrogen and oxygen atoms in total. The second-order valence-corrected chi connectivity index (χ2v) is 5.93. The largest absolute Gasteiger partial charge is 0.416 e. The Labute approximate surface area is 130 Å². The molecule has 0 saturated carbocycles. The van der Waals surface area contributed by atoms with Crippen molar-refractivity contribution in [3.8, 4) is 0 Å². The van der Waals surface area contributed by atoms with Crippen LogP contribution in [0.4, 0.5) is 18.9 Å². The summed E-state index contributed by atoms with van der Waals surface area (Å²) in [6.45, 7) is 7.11. The van der Waals surface area contributed by atoms with Crippen LogP contribution in [-0.4, -0.2) is 37.6 Å². The molecule has 1 aliphatic heterocycles. The maximum Gasteiger partial charge on any atom is 0.416 e. The van der Waals surface area contributed by atoms with E-state index in [0.717, 1.165) is 38.4 Å². The van der Waals surface area contributed by atoms with Gasteiger partial charge in [-0.25, -0.2) is 0 Å². The summed E-state index contributed by atoms with van der Waals surface area (Å²) in [5.74, 6) is 0. The molecule has 1 aliphatic rings. The van der Waals surface area contributed by atoms with Gasteiger partial charge >= 0.3 is 6.18 Å². The van der Waals surface area contributed by atoms with Gasteiger partial charge in [-0.1, -0.05) is 26.2 Å². The molecule has 22 heavy (non-hydrogen) atoms. The highest BCUT2D eigenvalue weighted by Crippen LogP contribution is 2.30. The van der Waals surface area contributed by atoms with E-state index in [1.807, 2.05) is 0 Å². The Morgan fingerprint density at radius 2 is 1.55 bits per heavy atom. The first-order valence-electron chi connectivity index (χ1n) is 8.15. The first-order chi connectivity index (χ1) is 10.5. The number of alkyl halides is 3. The fraction of sp³-hybridized carbons (Fsp3) is 0.647. The molecular weight excluding hydrogens is 289 g/mol. The maximum absolute atomic E-state index is 12.6. The second-order valence-electron chi connectivity index (χ2n) is 5.93. The van der Waals surface area contributed by atoms with E-state index < -0.39 is 11.7 Å². The van der Waals surface area contributed by atoms with Crippen molar-refractivity contribution in [2.45, 2.75) is 38.8 Å². The van der Waals surface area contributed by atoms with Gasteiger partial charge < -0.3 is 4.90 Å². The van der Waals surface area contributed by atoms with Crippen molar-refractivity contribution >= 4 is 5.69 Å². The molecule has 0 radical (unpaired) electrons. The topological polar surface area (TPSA) is 6.48 Å². The molecule has 0 aliphatic carbocycles. The van der Waals surface area contributed by atoms with Gasteiger partial charge in [-0.05, 0) is 37.2 Å². The summed E-state index contributed by atoms with van der Waals surface area (Å²) in [7, 11) is 0. The highest BCUT2D eigenvalue weighted by molar-refractivity contribution is 5.48. The third kappa shape index (κ3) is 4.90. The number of nitrogens with zero attached hydrogens (tertiary/aromatic N) is 2. The van der Waals surface area contributed by atoms with Gasteiger partial charge in [-0.2, -0.15) is 13.2 Å². The summed E-state index contributed by atoms with van der Waals surface area (Å²) in [4.78, 5) is 4.62. The summed E-state index contributed by atoms with van der Waals surface area (Å²) in [6, 6.07) is 5.51. The minimum Gasteiger partial charge on any atom is -0.369 e. The predicted molar refractivity (Wildman–Crippen MR) is 84.2 cm³/mol. The van der Waals surface area contributed by atoms with E-state index in [2.05, 4.69) is 16.7 Å². The van der Waals surface area contributed by atoms with Gasteiger partial charge in [-0.3, -0.25) is 4.90 Å². The molecule has 0 bridgehead atoms. The Kier molecular flexibility index (Phi) is 6.12. The van der Waals surface area contributed by atoms with Crippen LogP contribution >= 0.6 is 0 Å². The number of halogens is 3. The summed E-state index contributed by atoms with van der Waals surface area (Å²) in [5.41, 5.74) is 0.310. The third-order valence-corrected chi connectivity index (χ3v) is 4.26. The molecule has 124 valence electrons. The van der Waals surface area contributed by atoms with Crippen LogP contribution in [0.25, 0.3) is 0 Å². The lowest BCUT2D eigenvalue weighted by atomic mass is 10.1. The first-order valence-corrected chi connectivity index (χ1v) is 8.15. The van der Waals surface area contributed by atoms with Gasteiger partial charge in [0.25, 0.3) is 0 Å². The number of hydrogen-bond donors (Lipinski definition) is 0. The van der Waals surface area contributed by atoms with Crippen molar-refractivity contribution in [2.24, 2.45) is 0 Å². The quantitative estimate of drug-likeness (QED) is 0.718. The van der Waals surface area contributed by atoms with Crippen LogP contribution in [0, 0.1) is 0 Å². The molecule has 0 N–H and O–H groups in total. The molecule has 0 aromatic heterocycles. The summed E-state index contributed by atoms with van der Waals surface area (Å²) in [6.07, 6.45) is 0.826. The zero-order valence-electron chi connectivity index (χ0n) is 13.2. The van der Waals surface area contributed by atoms with E-state index in [1.54, 1.807) is 12.1 Å². The van der Waals surface area contributed by atoms with Crippen LogP contribution in [0.2, 0.25) is 0 Å². The lowest BCUT2D eigenvalue weighted by Crippen LogP contribution is -2.46. The monoisotopic (exact) mass is 314 g/mol. The lowest BCUT2D eigenvalue weighted by molar-refractivity contribution is -0.137. The molecule has 1 heterocycles. The Morgan fingerprint density at radius 1 is 0.909 bits per heavy atom. The van der Waals surface area contributed by atoms with Crippen molar-refractivity contribution in [3.05, 3.63) is 29.8 Å². The van der Waals surface area contributed by atoms with Gasteiger partial charge in [0.2, 0.25) is 0 Å². The summed E-state index contributed by atoms with van der Waals surface area (Å²) in [5, 5.41) is 0. The van der Waals surface area contributed by atoms with Crippen molar-refractivity contribution in [3.63, 3.8) is 0 Å². The average molecular weight is 314 g/mol.